The quantitative estimate of drug-likeness (QED) is 0.229. The molecule has 3 aromatic carbocycles. The molecule has 0 aliphatic heterocycles. The number of ether oxygens (including phenoxy) is 1. The molecule has 8 heteroatoms. The average molecular weight is 444 g/mol. The highest BCUT2D eigenvalue weighted by atomic mass is 16.5. The highest BCUT2D eigenvalue weighted by Gasteiger charge is 2.11. The van der Waals surface area contributed by atoms with Gasteiger partial charge in [-0.3, -0.25) is 19.8 Å². The molecule has 0 radical (unpaired) electrons. The summed E-state index contributed by atoms with van der Waals surface area (Å²) in [5, 5.41) is 12.8. The van der Waals surface area contributed by atoms with Crippen LogP contribution in [0.5, 0.6) is 0 Å². The summed E-state index contributed by atoms with van der Waals surface area (Å²) in [5.41, 5.74) is 8.02. The molecule has 8 nitrogen and oxygen atoms in total. The Kier molecular flexibility index (Phi) is 7.91. The van der Waals surface area contributed by atoms with Crippen LogP contribution >= 0.6 is 0 Å². The zero-order chi connectivity index (χ0) is 23.6. The molecule has 168 valence electrons. The van der Waals surface area contributed by atoms with Gasteiger partial charge in [-0.2, -0.15) is 0 Å². The SMILES string of the molecule is N=C(N)c1ccc(C(=O)Nc2cccc(C(=O)NCCC(=O)OCc3ccccc3)c2)cc1. The van der Waals surface area contributed by atoms with E-state index in [9.17, 15) is 14.4 Å². The van der Waals surface area contributed by atoms with Crippen LogP contribution in [0.3, 0.4) is 0 Å². The van der Waals surface area contributed by atoms with E-state index < -0.39 is 5.97 Å². The minimum atomic E-state index is -0.407. The summed E-state index contributed by atoms with van der Waals surface area (Å²) in [6.07, 6.45) is 0.0469. The monoisotopic (exact) mass is 444 g/mol. The van der Waals surface area contributed by atoms with E-state index in [0.29, 0.717) is 22.4 Å². The third-order valence-electron chi connectivity index (χ3n) is 4.70. The molecule has 0 aliphatic carbocycles. The minimum Gasteiger partial charge on any atom is -0.461 e. The van der Waals surface area contributed by atoms with Crippen molar-refractivity contribution < 1.29 is 19.1 Å². The number of amides is 2. The Morgan fingerprint density at radius 3 is 2.21 bits per heavy atom. The Labute approximate surface area is 191 Å². The number of nitrogens with two attached hydrogens (primary N) is 1. The van der Waals surface area contributed by atoms with E-state index in [1.54, 1.807) is 48.5 Å². The Hall–Kier alpha value is -4.46. The van der Waals surface area contributed by atoms with Gasteiger partial charge in [-0.15, -0.1) is 0 Å². The summed E-state index contributed by atoms with van der Waals surface area (Å²) in [4.78, 5) is 36.7. The second kappa shape index (κ2) is 11.2. The third-order valence-corrected chi connectivity index (χ3v) is 4.70. The summed E-state index contributed by atoms with van der Waals surface area (Å²) < 4.78 is 5.18. The molecule has 0 unspecified atom stereocenters. The van der Waals surface area contributed by atoms with Gasteiger partial charge in [0.1, 0.15) is 12.4 Å². The minimum absolute atomic E-state index is 0.0469. The standard InChI is InChI=1S/C25H24N4O4/c26-23(27)18-9-11-19(12-10-18)25(32)29-21-8-4-7-20(15-21)24(31)28-14-13-22(30)33-16-17-5-2-1-3-6-17/h1-12,15H,13-14,16H2,(H3,26,27)(H,28,31)(H,29,32). The normalized spacial score (nSPS) is 10.2. The van der Waals surface area contributed by atoms with Gasteiger partial charge < -0.3 is 21.1 Å². The number of esters is 1. The fraction of sp³-hybridized carbons (Fsp3) is 0.120. The van der Waals surface area contributed by atoms with Crippen molar-refractivity contribution >= 4 is 29.3 Å². The molecule has 0 fully saturated rings. The van der Waals surface area contributed by atoms with Gasteiger partial charge in [-0.1, -0.05) is 48.5 Å². The molecule has 0 saturated heterocycles. The fourth-order valence-electron chi connectivity index (χ4n) is 2.93. The number of benzene rings is 3. The van der Waals surface area contributed by atoms with Crippen molar-refractivity contribution in [2.24, 2.45) is 5.73 Å². The van der Waals surface area contributed by atoms with Crippen LogP contribution < -0.4 is 16.4 Å². The molecule has 2 amide bonds. The predicted molar refractivity (Wildman–Crippen MR) is 125 cm³/mol. The van der Waals surface area contributed by atoms with Crippen LogP contribution in [0.15, 0.2) is 78.9 Å². The van der Waals surface area contributed by atoms with E-state index in [-0.39, 0.29) is 37.2 Å². The van der Waals surface area contributed by atoms with E-state index in [1.807, 2.05) is 30.3 Å². The average Bonchev–Trinajstić information content (AvgIpc) is 2.83. The van der Waals surface area contributed by atoms with Gasteiger partial charge in [-0.05, 0) is 35.9 Å². The van der Waals surface area contributed by atoms with Crippen molar-refractivity contribution in [3.05, 3.63) is 101 Å². The molecule has 0 bridgehead atoms. The molecule has 5 N–H and O–H groups in total. The summed E-state index contributed by atoms with van der Waals surface area (Å²) in [5.74, 6) is -1.21. The molecule has 0 atom stereocenters. The lowest BCUT2D eigenvalue weighted by Gasteiger charge is -2.09. The van der Waals surface area contributed by atoms with Crippen LogP contribution in [0.1, 0.15) is 38.3 Å². The van der Waals surface area contributed by atoms with Crippen molar-refractivity contribution in [2.45, 2.75) is 13.0 Å². The summed E-state index contributed by atoms with van der Waals surface area (Å²) >= 11 is 0. The number of nitrogen functional groups attached to an aromatic ring is 1. The first-order valence-electron chi connectivity index (χ1n) is 10.3. The predicted octanol–water partition coefficient (Wildman–Crippen LogP) is 3.09. The molecule has 3 rings (SSSR count). The van der Waals surface area contributed by atoms with E-state index in [1.165, 1.54) is 0 Å². The van der Waals surface area contributed by atoms with Gasteiger partial charge in [0.25, 0.3) is 11.8 Å². The van der Waals surface area contributed by atoms with Crippen LogP contribution in [0.2, 0.25) is 0 Å². The number of carbonyl (C=O) groups is 3. The zero-order valence-electron chi connectivity index (χ0n) is 17.8. The molecular formula is C25H24N4O4. The van der Waals surface area contributed by atoms with Gasteiger partial charge in [0.2, 0.25) is 0 Å². The first-order valence-corrected chi connectivity index (χ1v) is 10.3. The van der Waals surface area contributed by atoms with Crippen LogP contribution in [0, 0.1) is 5.41 Å². The largest absolute Gasteiger partial charge is 0.461 e. The molecular weight excluding hydrogens is 420 g/mol. The highest BCUT2D eigenvalue weighted by Crippen LogP contribution is 2.13. The lowest BCUT2D eigenvalue weighted by atomic mass is 10.1. The van der Waals surface area contributed by atoms with E-state index >= 15 is 0 Å². The van der Waals surface area contributed by atoms with Crippen LogP contribution in [0.25, 0.3) is 0 Å². The van der Waals surface area contributed by atoms with E-state index in [0.717, 1.165) is 5.56 Å². The maximum atomic E-state index is 12.4. The van der Waals surface area contributed by atoms with Crippen LogP contribution in [0.4, 0.5) is 5.69 Å². The van der Waals surface area contributed by atoms with Crippen molar-refractivity contribution in [2.75, 3.05) is 11.9 Å². The number of rotatable bonds is 9. The van der Waals surface area contributed by atoms with Crippen LogP contribution in [-0.4, -0.2) is 30.2 Å². The molecule has 3 aromatic rings. The Balaban J connectivity index is 1.48. The lowest BCUT2D eigenvalue weighted by molar-refractivity contribution is -0.144. The first-order chi connectivity index (χ1) is 15.9. The number of hydrogen-bond acceptors (Lipinski definition) is 5. The number of amidine groups is 1. The molecule has 0 heterocycles. The smallest absolute Gasteiger partial charge is 0.307 e. The van der Waals surface area contributed by atoms with Crippen molar-refractivity contribution in [1.29, 1.82) is 5.41 Å². The van der Waals surface area contributed by atoms with Crippen LogP contribution in [-0.2, 0) is 16.1 Å². The molecule has 0 saturated carbocycles. The Morgan fingerprint density at radius 2 is 1.52 bits per heavy atom. The summed E-state index contributed by atoms with van der Waals surface area (Å²) in [6.45, 7) is 0.318. The van der Waals surface area contributed by atoms with Crippen molar-refractivity contribution in [3.63, 3.8) is 0 Å². The van der Waals surface area contributed by atoms with Crippen molar-refractivity contribution in [1.82, 2.24) is 5.32 Å². The molecule has 33 heavy (non-hydrogen) atoms. The number of anilines is 1. The van der Waals surface area contributed by atoms with Gasteiger partial charge in [-0.25, -0.2) is 0 Å². The first kappa shape index (κ1) is 23.2. The second-order valence-electron chi connectivity index (χ2n) is 7.18. The number of carbonyl (C=O) groups excluding carboxylic acids is 3. The van der Waals surface area contributed by atoms with Crippen molar-refractivity contribution in [3.8, 4) is 0 Å². The molecule has 0 aliphatic rings. The third kappa shape index (κ3) is 7.03. The summed E-state index contributed by atoms with van der Waals surface area (Å²) in [7, 11) is 0. The zero-order valence-corrected chi connectivity index (χ0v) is 17.8. The Morgan fingerprint density at radius 1 is 0.818 bits per heavy atom. The molecule has 0 spiro atoms. The maximum Gasteiger partial charge on any atom is 0.307 e. The van der Waals surface area contributed by atoms with Gasteiger partial charge in [0, 0.05) is 28.9 Å². The number of nitrogens with one attached hydrogen (secondary N) is 3. The number of hydrogen-bond donors (Lipinski definition) is 4. The Bertz CT molecular complexity index is 1140. The van der Waals surface area contributed by atoms with Gasteiger partial charge in [0.05, 0.1) is 6.42 Å². The topological polar surface area (TPSA) is 134 Å². The highest BCUT2D eigenvalue weighted by molar-refractivity contribution is 6.06. The molecule has 0 aromatic heterocycles. The fourth-order valence-corrected chi connectivity index (χ4v) is 2.93. The maximum absolute atomic E-state index is 12.4. The van der Waals surface area contributed by atoms with Gasteiger partial charge in [0.15, 0.2) is 0 Å². The lowest BCUT2D eigenvalue weighted by Crippen LogP contribution is -2.26. The van der Waals surface area contributed by atoms with E-state index in [2.05, 4.69) is 10.6 Å². The summed E-state index contributed by atoms with van der Waals surface area (Å²) in [6, 6.07) is 22.1. The second-order valence-corrected chi connectivity index (χ2v) is 7.18. The van der Waals surface area contributed by atoms with E-state index in [4.69, 9.17) is 15.9 Å². The van der Waals surface area contributed by atoms with Gasteiger partial charge >= 0.3 is 5.97 Å².